The van der Waals surface area contributed by atoms with E-state index in [-0.39, 0.29) is 21.5 Å². The summed E-state index contributed by atoms with van der Waals surface area (Å²) in [4.78, 5) is 36.9. The van der Waals surface area contributed by atoms with Crippen LogP contribution in [-0.4, -0.2) is 22.9 Å². The lowest BCUT2D eigenvalue weighted by atomic mass is 9.79. The molecule has 0 spiro atoms. The number of hydrogen-bond donors (Lipinski definition) is 2. The first-order chi connectivity index (χ1) is 15.2. The average Bonchev–Trinajstić information content (AvgIpc) is 2.70. The lowest BCUT2D eigenvalue weighted by Gasteiger charge is -2.25. The highest BCUT2D eigenvalue weighted by molar-refractivity contribution is 7.80. The second-order valence-corrected chi connectivity index (χ2v) is 10.5. The van der Waals surface area contributed by atoms with Crippen LogP contribution in [0.5, 0.6) is 5.75 Å². The second-order valence-electron chi connectivity index (χ2n) is 10.1. The largest absolute Gasteiger partial charge is 0.423 e. The van der Waals surface area contributed by atoms with E-state index in [1.165, 1.54) is 6.08 Å². The van der Waals surface area contributed by atoms with E-state index in [9.17, 15) is 14.4 Å². The van der Waals surface area contributed by atoms with Crippen molar-refractivity contribution in [1.82, 2.24) is 10.6 Å². The van der Waals surface area contributed by atoms with Gasteiger partial charge in [-0.2, -0.15) is 0 Å². The molecule has 0 bridgehead atoms. The molecule has 1 heterocycles. The van der Waals surface area contributed by atoms with Crippen LogP contribution in [0.3, 0.4) is 0 Å². The Morgan fingerprint density at radius 3 is 1.79 bits per heavy atom. The summed E-state index contributed by atoms with van der Waals surface area (Å²) in [5.74, 6) is -1.21. The monoisotopic (exact) mass is 464 g/mol. The lowest BCUT2D eigenvalue weighted by molar-refractivity contribution is -0.123. The first-order valence-electron chi connectivity index (χ1n) is 10.6. The molecule has 7 heteroatoms. The fraction of sp³-hybridized carbons (Fsp3) is 0.308. The van der Waals surface area contributed by atoms with Crippen molar-refractivity contribution in [1.29, 1.82) is 0 Å². The van der Waals surface area contributed by atoms with Crippen molar-refractivity contribution in [2.75, 3.05) is 0 Å². The number of esters is 1. The smallest absolute Gasteiger partial charge is 0.343 e. The molecule has 2 amide bonds. The van der Waals surface area contributed by atoms with Crippen molar-refractivity contribution in [3.63, 3.8) is 0 Å². The summed E-state index contributed by atoms with van der Waals surface area (Å²) in [6.45, 7) is 12.7. The van der Waals surface area contributed by atoms with Crippen LogP contribution in [-0.2, 0) is 20.4 Å². The Morgan fingerprint density at radius 2 is 1.33 bits per heavy atom. The van der Waals surface area contributed by atoms with Crippen molar-refractivity contribution in [3.8, 4) is 5.75 Å². The van der Waals surface area contributed by atoms with Gasteiger partial charge in [0.1, 0.15) is 11.3 Å². The molecule has 33 heavy (non-hydrogen) atoms. The van der Waals surface area contributed by atoms with Gasteiger partial charge in [-0.1, -0.05) is 59.7 Å². The number of thiocarbonyl (C=S) groups is 1. The molecule has 0 radical (unpaired) electrons. The van der Waals surface area contributed by atoms with E-state index < -0.39 is 17.8 Å². The predicted molar refractivity (Wildman–Crippen MR) is 132 cm³/mol. The minimum Gasteiger partial charge on any atom is -0.423 e. The van der Waals surface area contributed by atoms with Gasteiger partial charge in [-0.05, 0) is 70.1 Å². The van der Waals surface area contributed by atoms with Gasteiger partial charge in [-0.3, -0.25) is 20.2 Å². The van der Waals surface area contributed by atoms with Gasteiger partial charge in [-0.25, -0.2) is 4.79 Å². The van der Waals surface area contributed by atoms with Crippen LogP contribution in [0, 0.1) is 0 Å². The van der Waals surface area contributed by atoms with E-state index in [1.807, 2.05) is 12.1 Å². The molecule has 0 unspecified atom stereocenters. The fourth-order valence-electron chi connectivity index (χ4n) is 3.18. The molecule has 1 saturated heterocycles. The van der Waals surface area contributed by atoms with E-state index in [1.54, 1.807) is 24.3 Å². The zero-order valence-electron chi connectivity index (χ0n) is 19.7. The molecule has 0 atom stereocenters. The fourth-order valence-corrected chi connectivity index (χ4v) is 3.37. The highest BCUT2D eigenvalue weighted by Gasteiger charge is 2.26. The van der Waals surface area contributed by atoms with E-state index >= 15 is 0 Å². The molecule has 2 N–H and O–H groups in total. The van der Waals surface area contributed by atoms with Crippen LogP contribution in [0.1, 0.15) is 68.6 Å². The zero-order chi connectivity index (χ0) is 24.6. The molecule has 172 valence electrons. The number of carbonyl (C=O) groups is 3. The lowest BCUT2D eigenvalue weighted by Crippen LogP contribution is -2.51. The normalized spacial score (nSPS) is 14.5. The number of amides is 2. The highest BCUT2D eigenvalue weighted by Crippen LogP contribution is 2.31. The first-order valence-corrected chi connectivity index (χ1v) is 11.0. The van der Waals surface area contributed by atoms with Crippen molar-refractivity contribution in [3.05, 3.63) is 70.3 Å². The van der Waals surface area contributed by atoms with E-state index in [4.69, 9.17) is 17.0 Å². The summed E-state index contributed by atoms with van der Waals surface area (Å²) in [7, 11) is 0. The maximum absolute atomic E-state index is 12.9. The number of benzene rings is 2. The van der Waals surface area contributed by atoms with Gasteiger partial charge in [0, 0.05) is 0 Å². The minimum atomic E-state index is -0.562. The maximum Gasteiger partial charge on any atom is 0.343 e. The molecule has 2 aromatic rings. The van der Waals surface area contributed by atoms with E-state index in [0.29, 0.717) is 16.9 Å². The Hall–Kier alpha value is -3.32. The standard InChI is InChI=1S/C26H28N2O4S/c1-25(2,3)17-12-16(13-18(14-17)26(4,5)6)23(31)32-19-9-7-15(8-10-19)11-20-21(29)27-24(33)28-22(20)30/h7-14H,1-6H3,(H2,27,28,29,30,33). The Morgan fingerprint density at radius 1 is 0.848 bits per heavy atom. The summed E-state index contributed by atoms with van der Waals surface area (Å²) in [5.41, 5.74) is 2.93. The Bertz CT molecular complexity index is 1110. The van der Waals surface area contributed by atoms with Gasteiger partial charge in [0.2, 0.25) is 0 Å². The summed E-state index contributed by atoms with van der Waals surface area (Å²) in [5, 5.41) is 4.76. The number of carbonyl (C=O) groups excluding carboxylic acids is 3. The zero-order valence-corrected chi connectivity index (χ0v) is 20.5. The topological polar surface area (TPSA) is 84.5 Å². The highest BCUT2D eigenvalue weighted by atomic mass is 32.1. The van der Waals surface area contributed by atoms with Crippen LogP contribution >= 0.6 is 12.2 Å². The van der Waals surface area contributed by atoms with E-state index in [2.05, 4.69) is 58.2 Å². The SMILES string of the molecule is CC(C)(C)c1cc(C(=O)Oc2ccc(C=C3C(=O)NC(=S)NC3=O)cc2)cc(C(C)(C)C)c1. The van der Waals surface area contributed by atoms with Gasteiger partial charge in [0.05, 0.1) is 5.56 Å². The van der Waals surface area contributed by atoms with Gasteiger partial charge >= 0.3 is 5.97 Å². The van der Waals surface area contributed by atoms with Gasteiger partial charge in [0.15, 0.2) is 5.11 Å². The molecule has 2 aromatic carbocycles. The minimum absolute atomic E-state index is 0.0189. The predicted octanol–water partition coefficient (Wildman–Crippen LogP) is 4.42. The summed E-state index contributed by atoms with van der Waals surface area (Å²) >= 11 is 4.79. The van der Waals surface area contributed by atoms with Crippen LogP contribution in [0.4, 0.5) is 0 Å². The second kappa shape index (κ2) is 8.90. The number of hydrogen-bond acceptors (Lipinski definition) is 5. The summed E-state index contributed by atoms with van der Waals surface area (Å²) < 4.78 is 5.60. The summed E-state index contributed by atoms with van der Waals surface area (Å²) in [6.07, 6.45) is 1.44. The molecule has 0 aliphatic carbocycles. The van der Waals surface area contributed by atoms with Gasteiger partial charge in [0.25, 0.3) is 11.8 Å². The number of rotatable bonds is 3. The number of nitrogens with one attached hydrogen (secondary N) is 2. The molecule has 1 fully saturated rings. The van der Waals surface area contributed by atoms with Gasteiger partial charge < -0.3 is 4.74 Å². The molecule has 6 nitrogen and oxygen atoms in total. The molecule has 3 rings (SSSR count). The molecule has 1 aliphatic heterocycles. The summed E-state index contributed by atoms with van der Waals surface area (Å²) in [6, 6.07) is 12.5. The molecular weight excluding hydrogens is 436 g/mol. The van der Waals surface area contributed by atoms with Crippen LogP contribution in [0.2, 0.25) is 0 Å². The molecule has 0 saturated carbocycles. The Balaban J connectivity index is 1.83. The Kier molecular flexibility index (Phi) is 6.56. The van der Waals surface area contributed by atoms with Crippen molar-refractivity contribution in [2.24, 2.45) is 0 Å². The van der Waals surface area contributed by atoms with Gasteiger partial charge in [-0.15, -0.1) is 0 Å². The number of ether oxygens (including phenoxy) is 1. The molecule has 0 aromatic heterocycles. The van der Waals surface area contributed by atoms with Crippen molar-refractivity contribution in [2.45, 2.75) is 52.4 Å². The third-order valence-electron chi connectivity index (χ3n) is 5.25. The third kappa shape index (κ3) is 5.93. The maximum atomic E-state index is 12.9. The van der Waals surface area contributed by atoms with Crippen LogP contribution in [0.15, 0.2) is 48.0 Å². The molecular formula is C26H28N2O4S. The van der Waals surface area contributed by atoms with E-state index in [0.717, 1.165) is 11.1 Å². The van der Waals surface area contributed by atoms with Crippen molar-refractivity contribution < 1.29 is 19.1 Å². The Labute approximate surface area is 199 Å². The van der Waals surface area contributed by atoms with Crippen molar-refractivity contribution >= 4 is 41.2 Å². The average molecular weight is 465 g/mol. The van der Waals surface area contributed by atoms with Crippen LogP contribution in [0.25, 0.3) is 6.08 Å². The first kappa shape index (κ1) is 24.3. The quantitative estimate of drug-likeness (QED) is 0.231. The molecule has 1 aliphatic rings. The van der Waals surface area contributed by atoms with Crippen LogP contribution < -0.4 is 15.4 Å². The third-order valence-corrected chi connectivity index (χ3v) is 5.45.